The monoisotopic (exact) mass is 266 g/mol. The van der Waals surface area contributed by atoms with Gasteiger partial charge in [0.1, 0.15) is 11.5 Å². The van der Waals surface area contributed by atoms with Crippen molar-refractivity contribution < 1.29 is 4.42 Å². The minimum atomic E-state index is 0.758. The van der Waals surface area contributed by atoms with Crippen molar-refractivity contribution in [3.05, 3.63) is 23.2 Å². The summed E-state index contributed by atoms with van der Waals surface area (Å²) < 4.78 is 5.80. The Hall–Kier alpha value is -0.800. The van der Waals surface area contributed by atoms with Crippen LogP contribution in [0.15, 0.2) is 10.5 Å². The molecule has 0 aliphatic heterocycles. The Morgan fingerprint density at radius 1 is 1.32 bits per heavy atom. The van der Waals surface area contributed by atoms with Crippen LogP contribution in [0.25, 0.3) is 0 Å². The van der Waals surface area contributed by atoms with Crippen LogP contribution in [0.3, 0.4) is 0 Å². The van der Waals surface area contributed by atoms with Crippen LogP contribution in [0.2, 0.25) is 0 Å². The third-order valence-electron chi connectivity index (χ3n) is 3.73. The highest BCUT2D eigenvalue weighted by Gasteiger charge is 2.12. The lowest BCUT2D eigenvalue weighted by Gasteiger charge is -2.23. The summed E-state index contributed by atoms with van der Waals surface area (Å²) in [6.07, 6.45) is 1.24. The van der Waals surface area contributed by atoms with Gasteiger partial charge in [-0.05, 0) is 32.0 Å². The number of aryl methyl sites for hydroxylation is 1. The number of furan rings is 1. The molecule has 0 radical (unpaired) electrons. The molecule has 0 aromatic carbocycles. The molecule has 0 bridgehead atoms. The first-order chi connectivity index (χ1) is 9.10. The summed E-state index contributed by atoms with van der Waals surface area (Å²) in [4.78, 5) is 2.50. The average molecular weight is 266 g/mol. The van der Waals surface area contributed by atoms with Crippen LogP contribution in [0, 0.1) is 12.8 Å². The predicted octanol–water partition coefficient (Wildman–Crippen LogP) is 3.57. The van der Waals surface area contributed by atoms with Gasteiger partial charge in [-0.2, -0.15) is 0 Å². The minimum Gasteiger partial charge on any atom is -0.465 e. The Morgan fingerprint density at radius 3 is 2.63 bits per heavy atom. The summed E-state index contributed by atoms with van der Waals surface area (Å²) in [5, 5.41) is 3.31. The summed E-state index contributed by atoms with van der Waals surface area (Å²) in [5.41, 5.74) is 1.33. The zero-order valence-corrected chi connectivity index (χ0v) is 13.3. The summed E-state index contributed by atoms with van der Waals surface area (Å²) in [7, 11) is 0. The molecule has 1 aromatic heterocycles. The molecule has 1 rings (SSSR count). The summed E-state index contributed by atoms with van der Waals surface area (Å²) in [6, 6.07) is 2.21. The van der Waals surface area contributed by atoms with E-state index in [0.29, 0.717) is 0 Å². The van der Waals surface area contributed by atoms with E-state index in [2.05, 4.69) is 50.9 Å². The first kappa shape index (κ1) is 16.3. The van der Waals surface area contributed by atoms with Crippen molar-refractivity contribution in [1.82, 2.24) is 10.2 Å². The molecule has 1 unspecified atom stereocenters. The van der Waals surface area contributed by atoms with Crippen LogP contribution < -0.4 is 5.32 Å². The molecule has 1 heterocycles. The lowest BCUT2D eigenvalue weighted by atomic mass is 10.1. The quantitative estimate of drug-likeness (QED) is 0.740. The maximum Gasteiger partial charge on any atom is 0.118 e. The van der Waals surface area contributed by atoms with Gasteiger partial charge in [-0.15, -0.1) is 0 Å². The highest BCUT2D eigenvalue weighted by molar-refractivity contribution is 5.20. The average Bonchev–Trinajstić information content (AvgIpc) is 2.75. The zero-order valence-electron chi connectivity index (χ0n) is 13.3. The molecule has 0 saturated heterocycles. The Morgan fingerprint density at radius 2 is 2.05 bits per heavy atom. The standard InChI is InChI=1S/C16H30N2O/c1-6-13(4)11-18(8-3)12-15-9-16(10-17-7-2)19-14(15)5/h9,13,17H,6-8,10-12H2,1-5H3. The van der Waals surface area contributed by atoms with E-state index in [1.165, 1.54) is 18.5 Å². The molecule has 3 nitrogen and oxygen atoms in total. The van der Waals surface area contributed by atoms with Gasteiger partial charge >= 0.3 is 0 Å². The van der Waals surface area contributed by atoms with Gasteiger partial charge in [0.25, 0.3) is 0 Å². The van der Waals surface area contributed by atoms with Crippen LogP contribution in [0.1, 0.15) is 51.2 Å². The second-order valence-electron chi connectivity index (χ2n) is 5.42. The molecule has 3 heteroatoms. The molecule has 0 aliphatic carbocycles. The van der Waals surface area contributed by atoms with E-state index >= 15 is 0 Å². The Labute approximate surface area is 118 Å². The third kappa shape index (κ3) is 5.37. The van der Waals surface area contributed by atoms with Crippen LogP contribution in [-0.4, -0.2) is 24.5 Å². The van der Waals surface area contributed by atoms with Gasteiger partial charge < -0.3 is 9.73 Å². The zero-order chi connectivity index (χ0) is 14.3. The molecule has 1 aromatic rings. The first-order valence-corrected chi connectivity index (χ1v) is 7.61. The molecule has 1 N–H and O–H groups in total. The molecule has 0 saturated carbocycles. The van der Waals surface area contributed by atoms with Gasteiger partial charge in [-0.1, -0.05) is 34.1 Å². The topological polar surface area (TPSA) is 28.4 Å². The van der Waals surface area contributed by atoms with Crippen LogP contribution >= 0.6 is 0 Å². The molecule has 0 aliphatic rings. The molecule has 19 heavy (non-hydrogen) atoms. The van der Waals surface area contributed by atoms with Gasteiger partial charge in [0.2, 0.25) is 0 Å². The Kier molecular flexibility index (Phi) is 7.17. The van der Waals surface area contributed by atoms with Gasteiger partial charge in [0, 0.05) is 18.7 Å². The van der Waals surface area contributed by atoms with E-state index in [9.17, 15) is 0 Å². The summed E-state index contributed by atoms with van der Waals surface area (Å²) in [5.74, 6) is 2.87. The second-order valence-corrected chi connectivity index (χ2v) is 5.42. The van der Waals surface area contributed by atoms with E-state index in [-0.39, 0.29) is 0 Å². The van der Waals surface area contributed by atoms with Crippen molar-refractivity contribution in [2.45, 2.75) is 54.1 Å². The van der Waals surface area contributed by atoms with Gasteiger partial charge in [-0.25, -0.2) is 0 Å². The normalized spacial score (nSPS) is 13.2. The first-order valence-electron chi connectivity index (χ1n) is 7.61. The molecule has 110 valence electrons. The number of nitrogens with one attached hydrogen (secondary N) is 1. The summed E-state index contributed by atoms with van der Waals surface area (Å²) >= 11 is 0. The Bertz CT molecular complexity index is 360. The maximum absolute atomic E-state index is 5.80. The van der Waals surface area contributed by atoms with E-state index in [1.54, 1.807) is 0 Å². The van der Waals surface area contributed by atoms with E-state index in [1.807, 2.05) is 0 Å². The highest BCUT2D eigenvalue weighted by Crippen LogP contribution is 2.17. The number of nitrogens with zero attached hydrogens (tertiary/aromatic N) is 1. The van der Waals surface area contributed by atoms with E-state index < -0.39 is 0 Å². The van der Waals surface area contributed by atoms with Crippen molar-refractivity contribution >= 4 is 0 Å². The Balaban J connectivity index is 2.60. The van der Waals surface area contributed by atoms with Crippen LogP contribution in [0.4, 0.5) is 0 Å². The van der Waals surface area contributed by atoms with E-state index in [0.717, 1.165) is 43.6 Å². The minimum absolute atomic E-state index is 0.758. The fourth-order valence-electron chi connectivity index (χ4n) is 2.20. The maximum atomic E-state index is 5.80. The van der Waals surface area contributed by atoms with Gasteiger partial charge in [0.15, 0.2) is 0 Å². The molecular formula is C16H30N2O. The summed E-state index contributed by atoms with van der Waals surface area (Å²) in [6.45, 7) is 16.1. The highest BCUT2D eigenvalue weighted by atomic mass is 16.3. The molecule has 1 atom stereocenters. The van der Waals surface area contributed by atoms with Crippen molar-refractivity contribution in [3.8, 4) is 0 Å². The number of rotatable bonds is 9. The lowest BCUT2D eigenvalue weighted by molar-refractivity contribution is 0.237. The number of hydrogen-bond acceptors (Lipinski definition) is 3. The lowest BCUT2D eigenvalue weighted by Crippen LogP contribution is -2.27. The predicted molar refractivity (Wildman–Crippen MR) is 81.2 cm³/mol. The molecular weight excluding hydrogens is 236 g/mol. The third-order valence-corrected chi connectivity index (χ3v) is 3.73. The van der Waals surface area contributed by atoms with Crippen molar-refractivity contribution in [1.29, 1.82) is 0 Å². The largest absolute Gasteiger partial charge is 0.465 e. The fraction of sp³-hybridized carbons (Fsp3) is 0.750. The molecule has 0 amide bonds. The van der Waals surface area contributed by atoms with Crippen molar-refractivity contribution in [3.63, 3.8) is 0 Å². The van der Waals surface area contributed by atoms with Crippen LogP contribution in [0.5, 0.6) is 0 Å². The number of hydrogen-bond donors (Lipinski definition) is 1. The SMILES string of the molecule is CCNCc1cc(CN(CC)CC(C)CC)c(C)o1. The second kappa shape index (κ2) is 8.39. The molecule has 0 spiro atoms. The smallest absolute Gasteiger partial charge is 0.118 e. The molecule has 0 fully saturated rings. The van der Waals surface area contributed by atoms with Crippen molar-refractivity contribution in [2.75, 3.05) is 19.6 Å². The van der Waals surface area contributed by atoms with Crippen molar-refractivity contribution in [2.24, 2.45) is 5.92 Å². The van der Waals surface area contributed by atoms with Gasteiger partial charge in [0.05, 0.1) is 6.54 Å². The van der Waals surface area contributed by atoms with E-state index in [4.69, 9.17) is 4.42 Å². The fourth-order valence-corrected chi connectivity index (χ4v) is 2.20. The van der Waals surface area contributed by atoms with Crippen LogP contribution in [-0.2, 0) is 13.1 Å². The van der Waals surface area contributed by atoms with Gasteiger partial charge in [-0.3, -0.25) is 4.90 Å².